The fourth-order valence-electron chi connectivity index (χ4n) is 1.07. The van der Waals surface area contributed by atoms with Gasteiger partial charge in [-0.3, -0.25) is 0 Å². The minimum atomic E-state index is -1.79. The Morgan fingerprint density at radius 1 is 0.900 bits per heavy atom. The highest BCUT2D eigenvalue weighted by atomic mass is 16.4. The van der Waals surface area contributed by atoms with Crippen molar-refractivity contribution in [3.8, 4) is 11.5 Å². The lowest BCUT2D eigenvalue weighted by molar-refractivity contribution is -0.136. The number of phenols is 2. The second kappa shape index (κ2) is 9.23. The summed E-state index contributed by atoms with van der Waals surface area (Å²) < 4.78 is 0. The lowest BCUT2D eigenvalue weighted by atomic mass is 10.0. The number of carbonyl (C=O) groups excluding carboxylic acids is 1. The molecular formula is C12H18O8. The van der Waals surface area contributed by atoms with Gasteiger partial charge in [0.05, 0.1) is 6.61 Å². The molecule has 0 aliphatic heterocycles. The standard InChI is InChI=1S/C6H12O6.C6H6O2/c7-1-3(9)5(11)6(12)4(10)2-8;7-5-1-2-6(8)4-3-5/h1,3-6,8-12H,2H2;1-4,7-8H/t3-,4+,5+,6+;/m0./s1. The van der Waals surface area contributed by atoms with Crippen LogP contribution in [-0.2, 0) is 4.79 Å². The minimum absolute atomic E-state index is 0.0258. The first-order valence-electron chi connectivity index (χ1n) is 5.59. The highest BCUT2D eigenvalue weighted by Gasteiger charge is 2.29. The summed E-state index contributed by atoms with van der Waals surface area (Å²) in [4.78, 5) is 9.90. The van der Waals surface area contributed by atoms with E-state index in [2.05, 4.69) is 0 Å². The molecule has 0 saturated heterocycles. The van der Waals surface area contributed by atoms with Crippen LogP contribution < -0.4 is 0 Å². The first-order valence-corrected chi connectivity index (χ1v) is 5.59. The van der Waals surface area contributed by atoms with E-state index in [1.165, 1.54) is 24.3 Å². The van der Waals surface area contributed by atoms with Gasteiger partial charge in [-0.2, -0.15) is 0 Å². The van der Waals surface area contributed by atoms with Crippen LogP contribution in [-0.4, -0.2) is 73.1 Å². The molecule has 0 aromatic heterocycles. The molecule has 0 saturated carbocycles. The lowest BCUT2D eigenvalue weighted by Crippen LogP contribution is -2.46. The predicted octanol–water partition coefficient (Wildman–Crippen LogP) is -2.28. The van der Waals surface area contributed by atoms with E-state index in [-0.39, 0.29) is 17.8 Å². The lowest BCUT2D eigenvalue weighted by Gasteiger charge is -2.22. The van der Waals surface area contributed by atoms with E-state index >= 15 is 0 Å². The SMILES string of the molecule is O=C[C@H](O)[C@@H](O)[C@H](O)[C@H](O)CO.Oc1ccc(O)cc1. The van der Waals surface area contributed by atoms with Crippen LogP contribution in [0.5, 0.6) is 11.5 Å². The van der Waals surface area contributed by atoms with E-state index < -0.39 is 31.0 Å². The van der Waals surface area contributed by atoms with Crippen molar-refractivity contribution in [3.05, 3.63) is 24.3 Å². The Hall–Kier alpha value is -1.71. The number of hydrogen-bond donors (Lipinski definition) is 7. The average molecular weight is 290 g/mol. The molecule has 0 fully saturated rings. The molecule has 20 heavy (non-hydrogen) atoms. The molecule has 0 bridgehead atoms. The topological polar surface area (TPSA) is 159 Å². The Kier molecular flexibility index (Phi) is 8.45. The second-order valence-corrected chi connectivity index (χ2v) is 3.87. The van der Waals surface area contributed by atoms with Crippen molar-refractivity contribution in [2.24, 2.45) is 0 Å². The average Bonchev–Trinajstić information content (AvgIpc) is 2.47. The van der Waals surface area contributed by atoms with Crippen LogP contribution >= 0.6 is 0 Å². The number of aldehydes is 1. The largest absolute Gasteiger partial charge is 0.508 e. The summed E-state index contributed by atoms with van der Waals surface area (Å²) in [6, 6.07) is 5.70. The Labute approximate surface area is 114 Å². The number of rotatable bonds is 5. The van der Waals surface area contributed by atoms with Crippen molar-refractivity contribution in [1.29, 1.82) is 0 Å². The van der Waals surface area contributed by atoms with Crippen molar-refractivity contribution in [2.75, 3.05) is 6.61 Å². The third kappa shape index (κ3) is 6.45. The fraction of sp³-hybridized carbons (Fsp3) is 0.417. The van der Waals surface area contributed by atoms with E-state index in [1.54, 1.807) is 0 Å². The van der Waals surface area contributed by atoms with E-state index in [1.807, 2.05) is 0 Å². The highest BCUT2D eigenvalue weighted by Crippen LogP contribution is 2.13. The monoisotopic (exact) mass is 290 g/mol. The molecule has 0 heterocycles. The number of aliphatic hydroxyl groups is 5. The van der Waals surface area contributed by atoms with Gasteiger partial charge in [-0.15, -0.1) is 0 Å². The molecule has 1 rings (SSSR count). The fourth-order valence-corrected chi connectivity index (χ4v) is 1.07. The highest BCUT2D eigenvalue weighted by molar-refractivity contribution is 5.56. The normalized spacial score (nSPS) is 16.2. The summed E-state index contributed by atoms with van der Waals surface area (Å²) in [5.74, 6) is 0.339. The maximum Gasteiger partial charge on any atom is 0.151 e. The maximum absolute atomic E-state index is 9.90. The van der Waals surface area contributed by atoms with E-state index in [4.69, 9.17) is 35.7 Å². The van der Waals surface area contributed by atoms with Gasteiger partial charge in [0.2, 0.25) is 0 Å². The molecule has 0 radical (unpaired) electrons. The molecule has 8 nitrogen and oxygen atoms in total. The molecule has 0 amide bonds. The Morgan fingerprint density at radius 2 is 1.30 bits per heavy atom. The summed E-state index contributed by atoms with van der Waals surface area (Å²) in [5.41, 5.74) is 0. The summed E-state index contributed by atoms with van der Waals surface area (Å²) in [6.07, 6.45) is -6.84. The molecule has 0 unspecified atom stereocenters. The van der Waals surface area contributed by atoms with Crippen molar-refractivity contribution < 1.29 is 40.5 Å². The Bertz CT molecular complexity index is 359. The van der Waals surface area contributed by atoms with Gasteiger partial charge in [-0.05, 0) is 24.3 Å². The van der Waals surface area contributed by atoms with Gasteiger partial charge < -0.3 is 40.5 Å². The zero-order valence-electron chi connectivity index (χ0n) is 10.4. The molecule has 1 aromatic carbocycles. The van der Waals surface area contributed by atoms with Crippen LogP contribution in [0.1, 0.15) is 0 Å². The van der Waals surface area contributed by atoms with Crippen molar-refractivity contribution in [2.45, 2.75) is 24.4 Å². The number of hydrogen-bond acceptors (Lipinski definition) is 8. The van der Waals surface area contributed by atoms with E-state index in [0.29, 0.717) is 0 Å². The van der Waals surface area contributed by atoms with E-state index in [0.717, 1.165) is 0 Å². The summed E-state index contributed by atoms with van der Waals surface area (Å²) in [7, 11) is 0. The molecule has 7 N–H and O–H groups in total. The number of benzene rings is 1. The van der Waals surface area contributed by atoms with Gasteiger partial charge >= 0.3 is 0 Å². The second-order valence-electron chi connectivity index (χ2n) is 3.87. The zero-order valence-corrected chi connectivity index (χ0v) is 10.4. The van der Waals surface area contributed by atoms with Gasteiger partial charge in [0, 0.05) is 0 Å². The zero-order chi connectivity index (χ0) is 15.7. The minimum Gasteiger partial charge on any atom is -0.508 e. The van der Waals surface area contributed by atoms with Crippen molar-refractivity contribution in [3.63, 3.8) is 0 Å². The maximum atomic E-state index is 9.90. The number of aliphatic hydroxyl groups excluding tert-OH is 5. The van der Waals surface area contributed by atoms with Crippen molar-refractivity contribution >= 4 is 6.29 Å². The van der Waals surface area contributed by atoms with Crippen molar-refractivity contribution in [1.82, 2.24) is 0 Å². The molecular weight excluding hydrogens is 272 g/mol. The van der Waals surface area contributed by atoms with Crippen LogP contribution in [0.2, 0.25) is 0 Å². The first-order chi connectivity index (χ1) is 9.33. The number of aromatic hydroxyl groups is 2. The van der Waals surface area contributed by atoms with E-state index in [9.17, 15) is 4.79 Å². The smallest absolute Gasteiger partial charge is 0.151 e. The van der Waals surface area contributed by atoms with Gasteiger partial charge in [0.25, 0.3) is 0 Å². The molecule has 8 heteroatoms. The first kappa shape index (κ1) is 18.3. The predicted molar refractivity (Wildman–Crippen MR) is 66.9 cm³/mol. The molecule has 0 spiro atoms. The molecule has 114 valence electrons. The van der Waals surface area contributed by atoms with Crippen LogP contribution in [0, 0.1) is 0 Å². The van der Waals surface area contributed by atoms with Crippen LogP contribution in [0.15, 0.2) is 24.3 Å². The third-order valence-electron chi connectivity index (χ3n) is 2.27. The quantitative estimate of drug-likeness (QED) is 0.236. The van der Waals surface area contributed by atoms with Crippen LogP contribution in [0.4, 0.5) is 0 Å². The molecule has 4 atom stereocenters. The molecule has 0 aliphatic rings. The Balaban J connectivity index is 0.000000388. The third-order valence-corrected chi connectivity index (χ3v) is 2.27. The number of phenolic OH excluding ortho intramolecular Hbond substituents is 2. The van der Waals surface area contributed by atoms with Gasteiger partial charge in [-0.25, -0.2) is 0 Å². The summed E-state index contributed by atoms with van der Waals surface area (Å²) in [5, 5.41) is 60.8. The summed E-state index contributed by atoms with van der Waals surface area (Å²) in [6.45, 7) is -0.760. The van der Waals surface area contributed by atoms with Gasteiger partial charge in [0.15, 0.2) is 6.29 Å². The molecule has 1 aromatic rings. The van der Waals surface area contributed by atoms with Gasteiger partial charge in [-0.1, -0.05) is 0 Å². The Morgan fingerprint density at radius 3 is 1.60 bits per heavy atom. The van der Waals surface area contributed by atoms with Crippen LogP contribution in [0.3, 0.4) is 0 Å². The number of carbonyl (C=O) groups is 1. The van der Waals surface area contributed by atoms with Gasteiger partial charge in [0.1, 0.15) is 35.9 Å². The van der Waals surface area contributed by atoms with Crippen LogP contribution in [0.25, 0.3) is 0 Å². The summed E-state index contributed by atoms with van der Waals surface area (Å²) >= 11 is 0. The molecule has 0 aliphatic carbocycles.